The average Bonchev–Trinajstić information content (AvgIpc) is 3.55. The summed E-state index contributed by atoms with van der Waals surface area (Å²) >= 11 is 0. The Morgan fingerprint density at radius 1 is 1.00 bits per heavy atom. The lowest BCUT2D eigenvalue weighted by atomic mass is 9.43. The van der Waals surface area contributed by atoms with Crippen molar-refractivity contribution in [2.45, 2.75) is 129 Å². The fourth-order valence-corrected chi connectivity index (χ4v) is 12.7. The fraction of sp³-hybridized carbons (Fsp3) is 0.829. The topological polar surface area (TPSA) is 99.2 Å². The Hall–Kier alpha value is -1.16. The summed E-state index contributed by atoms with van der Waals surface area (Å²) in [5.41, 5.74) is 7.39. The molecule has 1 aromatic rings. The van der Waals surface area contributed by atoms with E-state index in [9.17, 15) is 24.1 Å². The van der Waals surface area contributed by atoms with Crippen LogP contribution in [-0.2, 0) is 11.3 Å². The van der Waals surface area contributed by atoms with Crippen molar-refractivity contribution < 1.29 is 28.8 Å². The van der Waals surface area contributed by atoms with Gasteiger partial charge in [-0.3, -0.25) is 4.90 Å². The molecule has 8 heteroatoms. The molecule has 6 fully saturated rings. The van der Waals surface area contributed by atoms with Crippen molar-refractivity contribution in [2.24, 2.45) is 51.1 Å². The van der Waals surface area contributed by atoms with Gasteiger partial charge in [0.2, 0.25) is 0 Å². The van der Waals surface area contributed by atoms with Gasteiger partial charge >= 0.3 is 0 Å². The predicted octanol–water partition coefficient (Wildman–Crippen LogP) is 4.97. The molecule has 6 nitrogen and oxygen atoms in total. The highest BCUT2D eigenvalue weighted by atomic mass is 19.1. The van der Waals surface area contributed by atoms with Crippen LogP contribution in [0.3, 0.4) is 0 Å². The minimum atomic E-state index is -0.836. The smallest absolute Gasteiger partial charge is 0.126 e. The zero-order chi connectivity index (χ0) is 30.9. The molecular formula is C35H52F2N2O4. The third-order valence-electron chi connectivity index (χ3n) is 14.6. The first-order valence-electron chi connectivity index (χ1n) is 16.8. The van der Waals surface area contributed by atoms with E-state index in [2.05, 4.69) is 27.7 Å². The summed E-state index contributed by atoms with van der Waals surface area (Å²) in [4.78, 5) is 1.78. The Balaban J connectivity index is 1.14. The first kappa shape index (κ1) is 30.5. The summed E-state index contributed by atoms with van der Waals surface area (Å²) in [6.45, 7) is 11.3. The van der Waals surface area contributed by atoms with E-state index < -0.39 is 35.6 Å². The standard InChI is InChI=1S/C35H52F2N2O4/c1-19-12-24(17-39(20(2)40)16-21-13-22(36)15-23(37)14-21)43-29-28(19)32(5)10-11-34-18-33(34)9-8-27(41)31(3,4)25(33)6-7-26(34)35(32,38)30(29)42/h13-15,19-20,24-30,40-42H,6-12,16-18,38H2,1-5H3. The lowest BCUT2D eigenvalue weighted by Crippen LogP contribution is -2.70. The maximum atomic E-state index is 13.9. The maximum Gasteiger partial charge on any atom is 0.126 e. The Bertz CT molecular complexity index is 1260. The largest absolute Gasteiger partial charge is 0.393 e. The van der Waals surface area contributed by atoms with E-state index in [1.165, 1.54) is 18.6 Å². The van der Waals surface area contributed by atoms with Crippen LogP contribution in [0.1, 0.15) is 91.5 Å². The minimum absolute atomic E-state index is 0.102. The number of rotatable bonds is 5. The number of benzene rings is 1. The van der Waals surface area contributed by atoms with Crippen molar-refractivity contribution in [3.8, 4) is 0 Å². The average molecular weight is 603 g/mol. The third-order valence-corrected chi connectivity index (χ3v) is 14.6. The summed E-state index contributed by atoms with van der Waals surface area (Å²) in [6, 6.07) is 3.45. The number of ether oxygens (including phenoxy) is 1. The van der Waals surface area contributed by atoms with Gasteiger partial charge in [-0.15, -0.1) is 0 Å². The molecule has 0 bridgehead atoms. The van der Waals surface area contributed by atoms with Crippen LogP contribution in [0.15, 0.2) is 18.2 Å². The van der Waals surface area contributed by atoms with Gasteiger partial charge in [0.1, 0.15) is 17.9 Å². The fourth-order valence-electron chi connectivity index (χ4n) is 12.7. The van der Waals surface area contributed by atoms with Crippen molar-refractivity contribution in [3.63, 3.8) is 0 Å². The third kappa shape index (κ3) is 3.95. The first-order chi connectivity index (χ1) is 20.1. The second-order valence-electron chi connectivity index (χ2n) is 16.6. The van der Waals surface area contributed by atoms with E-state index in [4.69, 9.17) is 10.5 Å². The van der Waals surface area contributed by atoms with Crippen LogP contribution < -0.4 is 5.73 Å². The highest BCUT2D eigenvalue weighted by Crippen LogP contribution is 2.87. The van der Waals surface area contributed by atoms with E-state index in [-0.39, 0.29) is 58.2 Å². The minimum Gasteiger partial charge on any atom is -0.393 e. The molecule has 5 N–H and O–H groups in total. The first-order valence-corrected chi connectivity index (χ1v) is 16.8. The van der Waals surface area contributed by atoms with Gasteiger partial charge in [0, 0.05) is 19.2 Å². The van der Waals surface area contributed by atoms with Gasteiger partial charge in [-0.05, 0) is 121 Å². The normalized spacial score (nSPS) is 50.2. The molecule has 1 heterocycles. The molecule has 1 aliphatic heterocycles. The summed E-state index contributed by atoms with van der Waals surface area (Å²) in [7, 11) is 0. The van der Waals surface area contributed by atoms with Gasteiger partial charge < -0.3 is 25.8 Å². The molecule has 13 atom stereocenters. The lowest BCUT2D eigenvalue weighted by molar-refractivity contribution is -0.155. The lowest BCUT2D eigenvalue weighted by Gasteiger charge is -2.63. The molecule has 0 radical (unpaired) electrons. The van der Waals surface area contributed by atoms with Crippen LogP contribution >= 0.6 is 0 Å². The number of aliphatic hydroxyl groups excluding tert-OH is 3. The zero-order valence-corrected chi connectivity index (χ0v) is 26.5. The van der Waals surface area contributed by atoms with Crippen LogP contribution in [0.5, 0.6) is 0 Å². The van der Waals surface area contributed by atoms with E-state index >= 15 is 0 Å². The predicted molar refractivity (Wildman–Crippen MR) is 159 cm³/mol. The molecule has 0 amide bonds. The number of hydrogen-bond acceptors (Lipinski definition) is 6. The number of aliphatic hydroxyl groups is 3. The molecule has 13 unspecified atom stereocenters. The van der Waals surface area contributed by atoms with E-state index in [0.717, 1.165) is 51.0 Å². The summed E-state index contributed by atoms with van der Waals surface area (Å²) in [5.74, 6) is -0.157. The molecule has 6 aliphatic rings. The molecule has 43 heavy (non-hydrogen) atoms. The second-order valence-corrected chi connectivity index (χ2v) is 16.6. The van der Waals surface area contributed by atoms with Crippen molar-refractivity contribution in [2.75, 3.05) is 6.54 Å². The molecule has 0 aromatic heterocycles. The number of nitrogens with two attached hydrogens (primary N) is 1. The Morgan fingerprint density at radius 3 is 2.33 bits per heavy atom. The van der Waals surface area contributed by atoms with Gasteiger partial charge in [-0.25, -0.2) is 8.78 Å². The highest BCUT2D eigenvalue weighted by molar-refractivity contribution is 5.35. The maximum absolute atomic E-state index is 13.9. The number of halogens is 2. The number of nitrogens with zero attached hydrogens (tertiary/aromatic N) is 1. The molecular weight excluding hydrogens is 550 g/mol. The Morgan fingerprint density at radius 2 is 1.65 bits per heavy atom. The molecule has 2 spiro atoms. The molecule has 1 aromatic carbocycles. The molecule has 1 saturated heterocycles. The van der Waals surface area contributed by atoms with Gasteiger partial charge in [-0.2, -0.15) is 0 Å². The van der Waals surface area contributed by atoms with Gasteiger partial charge in [-0.1, -0.05) is 27.7 Å². The van der Waals surface area contributed by atoms with E-state index in [0.29, 0.717) is 18.0 Å². The summed E-state index contributed by atoms with van der Waals surface area (Å²) in [5, 5.41) is 33.8. The number of hydrogen-bond donors (Lipinski definition) is 4. The van der Waals surface area contributed by atoms with Crippen molar-refractivity contribution >= 4 is 0 Å². The van der Waals surface area contributed by atoms with E-state index in [1.54, 1.807) is 11.8 Å². The summed E-state index contributed by atoms with van der Waals surface area (Å²) in [6.07, 6.45) is 5.51. The molecule has 5 aliphatic carbocycles. The van der Waals surface area contributed by atoms with Crippen LogP contribution in [0.2, 0.25) is 0 Å². The van der Waals surface area contributed by atoms with Gasteiger partial charge in [0.25, 0.3) is 0 Å². The van der Waals surface area contributed by atoms with E-state index in [1.807, 2.05) is 0 Å². The Kier molecular flexibility index (Phi) is 6.86. The zero-order valence-electron chi connectivity index (χ0n) is 26.5. The monoisotopic (exact) mass is 602 g/mol. The van der Waals surface area contributed by atoms with Gasteiger partial charge in [0.05, 0.1) is 30.0 Å². The van der Waals surface area contributed by atoms with Crippen LogP contribution in [-0.4, -0.2) is 62.9 Å². The van der Waals surface area contributed by atoms with Gasteiger partial charge in [0.15, 0.2) is 0 Å². The quantitative estimate of drug-likeness (QED) is 0.356. The highest BCUT2D eigenvalue weighted by Gasteiger charge is 2.85. The summed E-state index contributed by atoms with van der Waals surface area (Å²) < 4.78 is 34.6. The molecule has 7 rings (SSSR count). The SMILES string of the molecule is CC1CC(CN(Cc2cc(F)cc(F)c2)C(C)O)OC2C1C1(C)CCC34CC35CCC(O)C(C)(C)C5CCC4C1(N)C2O. The van der Waals surface area contributed by atoms with Crippen LogP contribution in [0.25, 0.3) is 0 Å². The number of fused-ring (bicyclic) bond motifs is 4. The van der Waals surface area contributed by atoms with Crippen LogP contribution in [0.4, 0.5) is 8.78 Å². The van der Waals surface area contributed by atoms with Crippen molar-refractivity contribution in [1.29, 1.82) is 0 Å². The molecule has 240 valence electrons. The van der Waals surface area contributed by atoms with Crippen LogP contribution in [0, 0.1) is 57.0 Å². The molecule has 5 saturated carbocycles. The van der Waals surface area contributed by atoms with Crippen molar-refractivity contribution in [1.82, 2.24) is 4.90 Å². The van der Waals surface area contributed by atoms with Crippen molar-refractivity contribution in [3.05, 3.63) is 35.4 Å². The second kappa shape index (κ2) is 9.68. The Labute approximate surface area is 255 Å².